The van der Waals surface area contributed by atoms with Crippen molar-refractivity contribution in [1.82, 2.24) is 0 Å². The molecule has 0 rings (SSSR count). The Morgan fingerprint density at radius 2 is 1.88 bits per heavy atom. The van der Waals surface area contributed by atoms with Gasteiger partial charge < -0.3 is 5.11 Å². The van der Waals surface area contributed by atoms with Crippen molar-refractivity contribution in [1.29, 1.82) is 0 Å². The zero-order chi connectivity index (χ0) is 5.86. The van der Waals surface area contributed by atoms with E-state index < -0.39 is 0 Å². The van der Waals surface area contributed by atoms with Crippen LogP contribution in [0.2, 0.25) is 0 Å². The maximum atomic E-state index is 10.0. The molecule has 0 saturated heterocycles. The summed E-state index contributed by atoms with van der Waals surface area (Å²) in [6, 6.07) is 0. The third-order valence-electron chi connectivity index (χ3n) is 0.412. The molecular weight excluding hydrogens is 249 g/mol. The van der Waals surface area contributed by atoms with Gasteiger partial charge >= 0.3 is 0 Å². The van der Waals surface area contributed by atoms with Gasteiger partial charge in [-0.2, -0.15) is 0 Å². The van der Waals surface area contributed by atoms with E-state index in [0.29, 0.717) is 0 Å². The van der Waals surface area contributed by atoms with E-state index >= 15 is 0 Å². The predicted octanol–water partition coefficient (Wildman–Crippen LogP) is 1.04. The van der Waals surface area contributed by atoms with Gasteiger partial charge in [0.05, 0.1) is 5.76 Å². The van der Waals surface area contributed by atoms with Gasteiger partial charge in [-0.15, -0.1) is 0 Å². The fourth-order valence-electron chi connectivity index (χ4n) is 0.294. The molecule has 8 heavy (non-hydrogen) atoms. The van der Waals surface area contributed by atoms with E-state index in [9.17, 15) is 4.79 Å². The zero-order valence-corrected chi connectivity index (χ0v) is 7.05. The standard InChI is InChI=1S/C5H8O2.Gd/c1-4(6)3-5(2)7;/h3,6H,1-2H3;/b4-3-;. The number of carbonyl (C=O) groups excluding carboxylic acids is 1. The predicted molar refractivity (Wildman–Crippen MR) is 27.1 cm³/mol. The molecule has 0 aliphatic carbocycles. The summed E-state index contributed by atoms with van der Waals surface area (Å²) in [5, 5.41) is 8.36. The van der Waals surface area contributed by atoms with Crippen molar-refractivity contribution in [2.24, 2.45) is 0 Å². The zero-order valence-electron chi connectivity index (χ0n) is 4.79. The monoisotopic (exact) mass is 258 g/mol. The molecule has 0 fully saturated rings. The summed E-state index contributed by atoms with van der Waals surface area (Å²) >= 11 is 0. The van der Waals surface area contributed by atoms with Crippen LogP contribution >= 0.6 is 0 Å². The molecule has 0 unspecified atom stereocenters. The van der Waals surface area contributed by atoms with Crippen LogP contribution in [0.5, 0.6) is 0 Å². The average Bonchev–Trinajstić information content (AvgIpc) is 1.27. The number of hydrogen-bond donors (Lipinski definition) is 1. The Morgan fingerprint density at radius 3 is 1.88 bits per heavy atom. The van der Waals surface area contributed by atoms with Crippen LogP contribution < -0.4 is 0 Å². The molecule has 0 bridgehead atoms. The Labute approximate surface area is 80.7 Å². The van der Waals surface area contributed by atoms with Gasteiger partial charge in [0.1, 0.15) is 0 Å². The van der Waals surface area contributed by atoms with Crippen LogP contribution in [-0.4, -0.2) is 10.9 Å². The molecule has 3 heteroatoms. The van der Waals surface area contributed by atoms with Crippen molar-refractivity contribution >= 4 is 5.78 Å². The number of aliphatic hydroxyl groups excluding tert-OH is 1. The van der Waals surface area contributed by atoms with Gasteiger partial charge in [0.2, 0.25) is 0 Å². The molecule has 48 valence electrons. The minimum Gasteiger partial charge on any atom is -0.512 e. The Bertz CT molecular complexity index is 103. The van der Waals surface area contributed by atoms with Crippen molar-refractivity contribution in [2.75, 3.05) is 0 Å². The topological polar surface area (TPSA) is 37.3 Å². The molecule has 0 radical (unpaired) electrons. The van der Waals surface area contributed by atoms with Crippen molar-refractivity contribution in [3.8, 4) is 0 Å². The fourth-order valence-corrected chi connectivity index (χ4v) is 0.294. The summed E-state index contributed by atoms with van der Waals surface area (Å²) in [6.07, 6.45) is 1.17. The number of allylic oxidation sites excluding steroid dienone is 2. The van der Waals surface area contributed by atoms with Crippen molar-refractivity contribution < 1.29 is 49.8 Å². The van der Waals surface area contributed by atoms with Gasteiger partial charge in [0, 0.05) is 46.0 Å². The summed E-state index contributed by atoms with van der Waals surface area (Å²) in [4.78, 5) is 10.0. The molecule has 0 spiro atoms. The molecule has 0 amide bonds. The van der Waals surface area contributed by atoms with E-state index in [-0.39, 0.29) is 51.5 Å². The summed E-state index contributed by atoms with van der Waals surface area (Å²) in [5.41, 5.74) is 0. The first-order valence-corrected chi connectivity index (χ1v) is 2.01. The summed E-state index contributed by atoms with van der Waals surface area (Å²) in [5.74, 6) is -0.0625. The minimum atomic E-state index is -0.125. The molecule has 0 saturated carbocycles. The molecule has 1 N–H and O–H groups in total. The van der Waals surface area contributed by atoms with Gasteiger partial charge in [-0.05, 0) is 13.8 Å². The SMILES string of the molecule is CC(=O)/C=C(/C)O.[Gd]. The van der Waals surface area contributed by atoms with Crippen LogP contribution in [0.4, 0.5) is 0 Å². The second kappa shape index (κ2) is 5.67. The summed E-state index contributed by atoms with van der Waals surface area (Å²) < 4.78 is 0. The normalized spacial score (nSPS) is 10.0. The van der Waals surface area contributed by atoms with Gasteiger partial charge in [-0.25, -0.2) is 0 Å². The van der Waals surface area contributed by atoms with Crippen LogP contribution in [0, 0.1) is 39.9 Å². The van der Waals surface area contributed by atoms with Gasteiger partial charge in [0.25, 0.3) is 0 Å². The smallest absolute Gasteiger partial charge is 0.155 e. The molecule has 0 heterocycles. The number of rotatable bonds is 1. The van der Waals surface area contributed by atoms with Gasteiger partial charge in [-0.3, -0.25) is 4.79 Å². The Kier molecular flexibility index (Phi) is 8.04. The molecule has 0 atom stereocenters. The maximum Gasteiger partial charge on any atom is 0.155 e. The number of carbonyl (C=O) groups is 1. The Hall–Kier alpha value is 0.535. The molecule has 2 nitrogen and oxygen atoms in total. The first-order valence-electron chi connectivity index (χ1n) is 2.01. The largest absolute Gasteiger partial charge is 0.512 e. The first-order chi connectivity index (χ1) is 3.13. The van der Waals surface area contributed by atoms with E-state index in [1.807, 2.05) is 0 Å². The van der Waals surface area contributed by atoms with E-state index in [1.54, 1.807) is 0 Å². The molecule has 0 aromatic carbocycles. The van der Waals surface area contributed by atoms with Crippen LogP contribution in [0.25, 0.3) is 0 Å². The molecule has 0 aliphatic rings. The Morgan fingerprint density at radius 1 is 1.50 bits per heavy atom. The van der Waals surface area contributed by atoms with Gasteiger partial charge in [-0.1, -0.05) is 0 Å². The van der Waals surface area contributed by atoms with Crippen LogP contribution in [0.1, 0.15) is 13.8 Å². The van der Waals surface area contributed by atoms with Crippen LogP contribution in [0.15, 0.2) is 11.8 Å². The summed E-state index contributed by atoms with van der Waals surface area (Å²) in [6.45, 7) is 2.85. The van der Waals surface area contributed by atoms with E-state index in [2.05, 4.69) is 0 Å². The second-order valence-electron chi connectivity index (χ2n) is 1.40. The Balaban J connectivity index is 0. The molecule has 0 aromatic rings. The van der Waals surface area contributed by atoms with Crippen LogP contribution in [-0.2, 0) is 4.79 Å². The minimum absolute atomic E-state index is 0. The number of hydrogen-bond acceptors (Lipinski definition) is 2. The fraction of sp³-hybridized carbons (Fsp3) is 0.400. The van der Waals surface area contributed by atoms with Crippen molar-refractivity contribution in [3.63, 3.8) is 0 Å². The van der Waals surface area contributed by atoms with E-state index in [4.69, 9.17) is 5.11 Å². The quantitative estimate of drug-likeness (QED) is 0.563. The average molecular weight is 257 g/mol. The van der Waals surface area contributed by atoms with Crippen LogP contribution in [0.3, 0.4) is 0 Å². The second-order valence-corrected chi connectivity index (χ2v) is 1.40. The maximum absolute atomic E-state index is 10.0. The third kappa shape index (κ3) is 9.73. The van der Waals surface area contributed by atoms with Crippen molar-refractivity contribution in [3.05, 3.63) is 11.8 Å². The van der Waals surface area contributed by atoms with Crippen molar-refractivity contribution in [2.45, 2.75) is 13.8 Å². The molecule has 0 aromatic heterocycles. The van der Waals surface area contributed by atoms with Gasteiger partial charge in [0.15, 0.2) is 5.78 Å². The number of ketones is 1. The number of aliphatic hydroxyl groups is 1. The third-order valence-corrected chi connectivity index (χ3v) is 0.412. The molecular formula is C5H8GdO2. The molecule has 0 aliphatic heterocycles. The first kappa shape index (κ1) is 11.3. The van der Waals surface area contributed by atoms with E-state index in [1.165, 1.54) is 19.9 Å². The summed E-state index contributed by atoms with van der Waals surface area (Å²) in [7, 11) is 0. The van der Waals surface area contributed by atoms with E-state index in [0.717, 1.165) is 0 Å².